The van der Waals surface area contributed by atoms with Crippen molar-refractivity contribution in [3.8, 4) is 5.75 Å². The van der Waals surface area contributed by atoms with Crippen molar-refractivity contribution in [1.82, 2.24) is 14.4 Å². The smallest absolute Gasteiger partial charge is 0.246 e. The number of rotatable bonds is 5. The van der Waals surface area contributed by atoms with E-state index < -0.39 is 10.0 Å². The van der Waals surface area contributed by atoms with Crippen LogP contribution in [0.25, 0.3) is 0 Å². The number of nitrogens with zero attached hydrogens (tertiary/aromatic N) is 3. The van der Waals surface area contributed by atoms with Crippen LogP contribution < -0.4 is 4.74 Å². The molecule has 1 fully saturated rings. The minimum absolute atomic E-state index is 0.0782. The molecule has 0 aliphatic carbocycles. The van der Waals surface area contributed by atoms with E-state index in [0.717, 1.165) is 5.56 Å². The maximum Gasteiger partial charge on any atom is 0.246 e. The average molecular weight is 399 g/mol. The predicted molar refractivity (Wildman–Crippen MR) is 103 cm³/mol. The van der Waals surface area contributed by atoms with Gasteiger partial charge in [-0.05, 0) is 24.6 Å². The van der Waals surface area contributed by atoms with Gasteiger partial charge in [0.2, 0.25) is 15.9 Å². The molecule has 0 bridgehead atoms. The van der Waals surface area contributed by atoms with Gasteiger partial charge in [0.1, 0.15) is 10.6 Å². The molecule has 1 aromatic heterocycles. The lowest BCUT2D eigenvalue weighted by atomic mass is 9.89. The zero-order chi connectivity index (χ0) is 19.7. The van der Waals surface area contributed by atoms with Gasteiger partial charge < -0.3 is 9.26 Å². The Kier molecular flexibility index (Phi) is 4.91. The fraction of sp³-hybridized carbons (Fsp3) is 0.300. The van der Waals surface area contributed by atoms with Crippen molar-refractivity contribution >= 4 is 10.0 Å². The summed E-state index contributed by atoms with van der Waals surface area (Å²) in [5.41, 5.74) is 1.04. The molecule has 0 unspecified atom stereocenters. The second-order valence-corrected chi connectivity index (χ2v) is 8.68. The van der Waals surface area contributed by atoms with Crippen molar-refractivity contribution in [2.24, 2.45) is 0 Å². The number of aromatic nitrogens is 2. The van der Waals surface area contributed by atoms with E-state index in [-0.39, 0.29) is 23.3 Å². The highest BCUT2D eigenvalue weighted by Gasteiger charge is 2.43. The number of ether oxygens (including phenoxy) is 1. The number of hydrogen-bond donors (Lipinski definition) is 0. The molecule has 4 rings (SSSR count). The molecular formula is C20H21N3O4S. The molecule has 2 aromatic carbocycles. The van der Waals surface area contributed by atoms with E-state index in [2.05, 4.69) is 10.1 Å². The summed E-state index contributed by atoms with van der Waals surface area (Å²) in [5, 5.41) is 3.89. The van der Waals surface area contributed by atoms with Gasteiger partial charge in [-0.3, -0.25) is 0 Å². The Balaban J connectivity index is 1.73. The van der Waals surface area contributed by atoms with Crippen molar-refractivity contribution in [3.05, 3.63) is 71.9 Å². The van der Waals surface area contributed by atoms with Crippen LogP contribution in [-0.2, 0) is 10.0 Å². The zero-order valence-corrected chi connectivity index (χ0v) is 16.5. The molecule has 2 atom stereocenters. The van der Waals surface area contributed by atoms with Crippen LogP contribution in [0.15, 0.2) is 64.0 Å². The highest BCUT2D eigenvalue weighted by molar-refractivity contribution is 7.89. The van der Waals surface area contributed by atoms with Crippen molar-refractivity contribution in [3.63, 3.8) is 0 Å². The Bertz CT molecular complexity index is 1070. The summed E-state index contributed by atoms with van der Waals surface area (Å²) >= 11 is 0. The molecule has 0 N–H and O–H groups in total. The first-order valence-electron chi connectivity index (χ1n) is 8.99. The summed E-state index contributed by atoms with van der Waals surface area (Å²) in [7, 11) is -2.27. The molecule has 0 saturated carbocycles. The molecule has 0 amide bonds. The highest BCUT2D eigenvalue weighted by Crippen LogP contribution is 2.42. The summed E-state index contributed by atoms with van der Waals surface area (Å²) in [6.07, 6.45) is 0. The molecule has 1 aliphatic rings. The third-order valence-corrected chi connectivity index (χ3v) is 6.93. The molecule has 0 spiro atoms. The highest BCUT2D eigenvalue weighted by atomic mass is 32.2. The number of aryl methyl sites for hydroxylation is 1. The minimum Gasteiger partial charge on any atom is -0.495 e. The molecule has 0 radical (unpaired) electrons. The lowest BCUT2D eigenvalue weighted by molar-refractivity contribution is 0.345. The van der Waals surface area contributed by atoms with Gasteiger partial charge in [-0.25, -0.2) is 8.42 Å². The van der Waals surface area contributed by atoms with Gasteiger partial charge in [-0.2, -0.15) is 9.29 Å². The lowest BCUT2D eigenvalue weighted by Crippen LogP contribution is -2.29. The first-order chi connectivity index (χ1) is 13.5. The van der Waals surface area contributed by atoms with Crippen LogP contribution in [-0.4, -0.2) is 43.1 Å². The topological polar surface area (TPSA) is 85.5 Å². The Labute approximate surface area is 164 Å². The van der Waals surface area contributed by atoms with E-state index in [0.29, 0.717) is 24.0 Å². The van der Waals surface area contributed by atoms with Crippen molar-refractivity contribution in [1.29, 1.82) is 0 Å². The van der Waals surface area contributed by atoms with Crippen LogP contribution in [0, 0.1) is 6.92 Å². The second-order valence-electron chi connectivity index (χ2n) is 6.78. The van der Waals surface area contributed by atoms with Gasteiger partial charge in [0.05, 0.1) is 13.0 Å². The number of benzene rings is 2. The summed E-state index contributed by atoms with van der Waals surface area (Å²) in [4.78, 5) is 4.53. The van der Waals surface area contributed by atoms with Gasteiger partial charge in [0.25, 0.3) is 0 Å². The fourth-order valence-electron chi connectivity index (χ4n) is 3.69. The quantitative estimate of drug-likeness (QED) is 0.656. The first-order valence-corrected chi connectivity index (χ1v) is 10.4. The molecule has 8 heteroatoms. The van der Waals surface area contributed by atoms with Crippen molar-refractivity contribution in [2.75, 3.05) is 20.2 Å². The van der Waals surface area contributed by atoms with E-state index in [9.17, 15) is 8.42 Å². The minimum atomic E-state index is -3.74. The number of sulfonamides is 1. The molecule has 7 nitrogen and oxygen atoms in total. The SMILES string of the molecule is COc1ccccc1S(=O)(=O)N1C[C@H](c2nc(C)no2)[C@H](c2ccccc2)C1. The zero-order valence-electron chi connectivity index (χ0n) is 15.6. The van der Waals surface area contributed by atoms with Gasteiger partial charge >= 0.3 is 0 Å². The number of methoxy groups -OCH3 is 1. The Hall–Kier alpha value is -2.71. The summed E-state index contributed by atoms with van der Waals surface area (Å²) in [5.74, 6) is 1.03. The average Bonchev–Trinajstić information content (AvgIpc) is 3.35. The van der Waals surface area contributed by atoms with E-state index >= 15 is 0 Å². The van der Waals surface area contributed by atoms with Crippen LogP contribution in [0.2, 0.25) is 0 Å². The third-order valence-electron chi connectivity index (χ3n) is 5.06. The van der Waals surface area contributed by atoms with Crippen LogP contribution in [0.5, 0.6) is 5.75 Å². The van der Waals surface area contributed by atoms with Gasteiger partial charge in [-0.1, -0.05) is 47.6 Å². The molecule has 1 aliphatic heterocycles. The predicted octanol–water partition coefficient (Wildman–Crippen LogP) is 2.96. The summed E-state index contributed by atoms with van der Waals surface area (Å²) in [6.45, 7) is 2.35. The van der Waals surface area contributed by atoms with Crippen molar-refractivity contribution < 1.29 is 17.7 Å². The lowest BCUT2D eigenvalue weighted by Gasteiger charge is -2.18. The van der Waals surface area contributed by atoms with E-state index in [1.165, 1.54) is 11.4 Å². The van der Waals surface area contributed by atoms with Crippen LogP contribution in [0.3, 0.4) is 0 Å². The molecule has 1 saturated heterocycles. The maximum absolute atomic E-state index is 13.4. The van der Waals surface area contributed by atoms with E-state index in [1.807, 2.05) is 30.3 Å². The van der Waals surface area contributed by atoms with Crippen LogP contribution in [0.4, 0.5) is 0 Å². The molecule has 28 heavy (non-hydrogen) atoms. The Morgan fingerprint density at radius 2 is 1.71 bits per heavy atom. The molecule has 146 valence electrons. The van der Waals surface area contributed by atoms with Crippen molar-refractivity contribution in [2.45, 2.75) is 23.7 Å². The largest absolute Gasteiger partial charge is 0.495 e. The second kappa shape index (κ2) is 7.37. The first kappa shape index (κ1) is 18.6. The maximum atomic E-state index is 13.4. The van der Waals surface area contributed by atoms with Gasteiger partial charge in [-0.15, -0.1) is 0 Å². The molecular weight excluding hydrogens is 378 g/mol. The fourth-order valence-corrected chi connectivity index (χ4v) is 5.33. The standard InChI is InChI=1S/C20H21N3O4S/c1-14-21-20(27-22-14)17-13-23(12-16(17)15-8-4-3-5-9-15)28(24,25)19-11-7-6-10-18(19)26-2/h3-11,16-17H,12-13H2,1-2H3/t16-,17-/m0/s1. The monoisotopic (exact) mass is 399 g/mol. The molecule has 3 aromatic rings. The van der Waals surface area contributed by atoms with E-state index in [1.54, 1.807) is 31.2 Å². The molecule has 2 heterocycles. The van der Waals surface area contributed by atoms with Gasteiger partial charge in [0.15, 0.2) is 5.82 Å². The summed E-state index contributed by atoms with van der Waals surface area (Å²) in [6, 6.07) is 16.5. The van der Waals surface area contributed by atoms with Crippen LogP contribution >= 0.6 is 0 Å². The van der Waals surface area contributed by atoms with E-state index in [4.69, 9.17) is 9.26 Å². The third kappa shape index (κ3) is 3.29. The Morgan fingerprint density at radius 3 is 2.39 bits per heavy atom. The van der Waals surface area contributed by atoms with Crippen LogP contribution in [0.1, 0.15) is 29.1 Å². The number of para-hydroxylation sites is 1. The number of hydrogen-bond acceptors (Lipinski definition) is 6. The summed E-state index contributed by atoms with van der Waals surface area (Å²) < 4.78 is 38.9. The Morgan fingerprint density at radius 1 is 1.04 bits per heavy atom. The normalized spacial score (nSPS) is 20.4. The van der Waals surface area contributed by atoms with Gasteiger partial charge in [0, 0.05) is 19.0 Å².